The Balaban J connectivity index is 2.57. The number of thiazole rings is 1. The second kappa shape index (κ2) is 3.18. The molecule has 0 saturated heterocycles. The van der Waals surface area contributed by atoms with Gasteiger partial charge in [-0.1, -0.05) is 0 Å². The van der Waals surface area contributed by atoms with Crippen LogP contribution in [0, 0.1) is 6.92 Å². The highest BCUT2D eigenvalue weighted by molar-refractivity contribution is 7.15. The van der Waals surface area contributed by atoms with Crippen molar-refractivity contribution in [1.82, 2.24) is 14.8 Å². The lowest BCUT2D eigenvalue weighted by Crippen LogP contribution is -1.97. The number of aromatic nitrogens is 2. The summed E-state index contributed by atoms with van der Waals surface area (Å²) in [6.45, 7) is 1.98. The molecule has 0 bridgehead atoms. The molecule has 0 amide bonds. The van der Waals surface area contributed by atoms with Gasteiger partial charge in [-0.05, 0) is 6.92 Å². The summed E-state index contributed by atoms with van der Waals surface area (Å²) in [4.78, 5) is 5.40. The van der Waals surface area contributed by atoms with Crippen LogP contribution in [-0.4, -0.2) is 22.6 Å². The van der Waals surface area contributed by atoms with Crippen molar-refractivity contribution < 1.29 is 0 Å². The predicted molar refractivity (Wildman–Crippen MR) is 54.5 cm³/mol. The molecule has 0 aliphatic carbocycles. The minimum Gasteiger partial charge on any atom is -0.313 e. The molecule has 0 fully saturated rings. The Hall–Kier alpha value is -1.36. The van der Waals surface area contributed by atoms with Gasteiger partial charge in [0.25, 0.3) is 0 Å². The zero-order chi connectivity index (χ0) is 9.26. The molecule has 1 N–H and O–H groups in total. The number of rotatable bonds is 2. The maximum Gasteiger partial charge on any atom is 0.194 e. The number of imidazole rings is 1. The third-order valence-electron chi connectivity index (χ3n) is 1.80. The molecule has 0 radical (unpaired) electrons. The molecule has 0 aromatic carbocycles. The SMILES string of the molecule is CN/N=C/c1c(C)nc2sccn12. The van der Waals surface area contributed by atoms with Gasteiger partial charge in [-0.3, -0.25) is 4.40 Å². The number of hydrazone groups is 1. The molecular weight excluding hydrogens is 184 g/mol. The van der Waals surface area contributed by atoms with Gasteiger partial charge >= 0.3 is 0 Å². The summed E-state index contributed by atoms with van der Waals surface area (Å²) in [6, 6.07) is 0. The summed E-state index contributed by atoms with van der Waals surface area (Å²) in [5.41, 5.74) is 4.76. The molecule has 0 unspecified atom stereocenters. The summed E-state index contributed by atoms with van der Waals surface area (Å²) >= 11 is 1.63. The van der Waals surface area contributed by atoms with E-state index >= 15 is 0 Å². The first-order chi connectivity index (χ1) is 6.33. The molecule has 2 aromatic rings. The van der Waals surface area contributed by atoms with E-state index in [0.29, 0.717) is 0 Å². The Kier molecular flexibility index (Phi) is 2.02. The van der Waals surface area contributed by atoms with Gasteiger partial charge in [-0.15, -0.1) is 11.3 Å². The van der Waals surface area contributed by atoms with Gasteiger partial charge in [0.2, 0.25) is 0 Å². The molecule has 0 aliphatic heterocycles. The van der Waals surface area contributed by atoms with Gasteiger partial charge in [0.05, 0.1) is 17.6 Å². The topological polar surface area (TPSA) is 41.7 Å². The second-order valence-electron chi connectivity index (χ2n) is 2.62. The highest BCUT2D eigenvalue weighted by Crippen LogP contribution is 2.14. The van der Waals surface area contributed by atoms with E-state index in [1.807, 2.05) is 22.9 Å². The Morgan fingerprint density at radius 1 is 1.69 bits per heavy atom. The maximum atomic E-state index is 4.39. The summed E-state index contributed by atoms with van der Waals surface area (Å²) in [5.74, 6) is 0. The van der Waals surface area contributed by atoms with Crippen LogP contribution in [0.3, 0.4) is 0 Å². The number of hydrogen-bond donors (Lipinski definition) is 1. The van der Waals surface area contributed by atoms with Crippen molar-refractivity contribution in [3.8, 4) is 0 Å². The van der Waals surface area contributed by atoms with Crippen molar-refractivity contribution in [3.05, 3.63) is 23.0 Å². The van der Waals surface area contributed by atoms with E-state index in [-0.39, 0.29) is 0 Å². The van der Waals surface area contributed by atoms with Crippen molar-refractivity contribution in [2.45, 2.75) is 6.92 Å². The van der Waals surface area contributed by atoms with Crippen molar-refractivity contribution in [3.63, 3.8) is 0 Å². The van der Waals surface area contributed by atoms with E-state index in [0.717, 1.165) is 16.3 Å². The van der Waals surface area contributed by atoms with Gasteiger partial charge in [0.1, 0.15) is 0 Å². The molecule has 4 nitrogen and oxygen atoms in total. The first kappa shape index (κ1) is 8.25. The third kappa shape index (κ3) is 1.31. The minimum atomic E-state index is 1.01. The molecular formula is C8H10N4S. The van der Waals surface area contributed by atoms with Crippen LogP contribution in [0.25, 0.3) is 4.96 Å². The highest BCUT2D eigenvalue weighted by Gasteiger charge is 2.06. The first-order valence-corrected chi connectivity index (χ1v) is 4.83. The molecule has 2 heterocycles. The number of nitrogens with one attached hydrogen (secondary N) is 1. The van der Waals surface area contributed by atoms with Crippen molar-refractivity contribution in [2.75, 3.05) is 7.05 Å². The Morgan fingerprint density at radius 3 is 3.31 bits per heavy atom. The average Bonchev–Trinajstić information content (AvgIpc) is 2.62. The van der Waals surface area contributed by atoms with E-state index in [4.69, 9.17) is 0 Å². The third-order valence-corrected chi connectivity index (χ3v) is 2.56. The minimum absolute atomic E-state index is 1.01. The number of hydrogen-bond acceptors (Lipinski definition) is 4. The molecule has 68 valence electrons. The van der Waals surface area contributed by atoms with Crippen LogP contribution in [-0.2, 0) is 0 Å². The molecule has 0 atom stereocenters. The Morgan fingerprint density at radius 2 is 2.54 bits per heavy atom. The number of fused-ring (bicyclic) bond motifs is 1. The maximum absolute atomic E-state index is 4.39. The lowest BCUT2D eigenvalue weighted by Gasteiger charge is -1.91. The number of nitrogens with zero attached hydrogens (tertiary/aromatic N) is 3. The van der Waals surface area contributed by atoms with Gasteiger partial charge in [-0.25, -0.2) is 4.98 Å². The zero-order valence-corrected chi connectivity index (χ0v) is 8.30. The normalized spacial score (nSPS) is 11.5. The second-order valence-corrected chi connectivity index (χ2v) is 3.49. The lowest BCUT2D eigenvalue weighted by molar-refractivity contribution is 0.905. The fraction of sp³-hybridized carbons (Fsp3) is 0.250. The molecule has 2 rings (SSSR count). The highest BCUT2D eigenvalue weighted by atomic mass is 32.1. The molecule has 0 spiro atoms. The van der Waals surface area contributed by atoms with Gasteiger partial charge in [0, 0.05) is 18.6 Å². The van der Waals surface area contributed by atoms with Gasteiger partial charge in [0.15, 0.2) is 4.96 Å². The van der Waals surface area contributed by atoms with E-state index in [2.05, 4.69) is 15.5 Å². The van der Waals surface area contributed by atoms with E-state index in [1.54, 1.807) is 24.6 Å². The van der Waals surface area contributed by atoms with Crippen molar-refractivity contribution in [1.29, 1.82) is 0 Å². The van der Waals surface area contributed by atoms with Crippen molar-refractivity contribution in [2.24, 2.45) is 5.10 Å². The lowest BCUT2D eigenvalue weighted by atomic mass is 10.4. The quantitative estimate of drug-likeness (QED) is 0.577. The smallest absolute Gasteiger partial charge is 0.194 e. The van der Waals surface area contributed by atoms with Crippen LogP contribution < -0.4 is 5.43 Å². The van der Waals surface area contributed by atoms with Gasteiger partial charge < -0.3 is 5.43 Å². The van der Waals surface area contributed by atoms with Crippen LogP contribution in [0.5, 0.6) is 0 Å². The van der Waals surface area contributed by atoms with E-state index in [1.165, 1.54) is 0 Å². The summed E-state index contributed by atoms with van der Waals surface area (Å²) < 4.78 is 2.03. The van der Waals surface area contributed by atoms with E-state index in [9.17, 15) is 0 Å². The number of aryl methyl sites for hydroxylation is 1. The van der Waals surface area contributed by atoms with Crippen LogP contribution in [0.15, 0.2) is 16.7 Å². The standard InChI is InChI=1S/C8H10N4S/c1-6-7(5-10-9-2)12-3-4-13-8(12)11-6/h3-5,9H,1-2H3/b10-5+. The Labute approximate surface area is 79.9 Å². The summed E-state index contributed by atoms with van der Waals surface area (Å²) in [7, 11) is 1.78. The molecule has 5 heteroatoms. The Bertz CT molecular complexity index is 440. The average molecular weight is 194 g/mol. The monoisotopic (exact) mass is 194 g/mol. The van der Waals surface area contributed by atoms with Crippen LogP contribution in [0.1, 0.15) is 11.4 Å². The summed E-state index contributed by atoms with van der Waals surface area (Å²) in [6.07, 6.45) is 3.78. The van der Waals surface area contributed by atoms with Gasteiger partial charge in [-0.2, -0.15) is 5.10 Å². The zero-order valence-electron chi connectivity index (χ0n) is 7.48. The van der Waals surface area contributed by atoms with Crippen LogP contribution in [0.2, 0.25) is 0 Å². The fourth-order valence-electron chi connectivity index (χ4n) is 1.19. The fourth-order valence-corrected chi connectivity index (χ4v) is 1.96. The van der Waals surface area contributed by atoms with Crippen molar-refractivity contribution >= 4 is 22.5 Å². The molecule has 0 saturated carbocycles. The molecule has 2 aromatic heterocycles. The predicted octanol–water partition coefficient (Wildman–Crippen LogP) is 1.26. The molecule has 13 heavy (non-hydrogen) atoms. The largest absolute Gasteiger partial charge is 0.313 e. The van der Waals surface area contributed by atoms with Crippen LogP contribution in [0.4, 0.5) is 0 Å². The molecule has 0 aliphatic rings. The first-order valence-electron chi connectivity index (χ1n) is 3.95. The van der Waals surface area contributed by atoms with Crippen LogP contribution >= 0.6 is 11.3 Å². The summed E-state index contributed by atoms with van der Waals surface area (Å²) in [5, 5.41) is 5.99. The van der Waals surface area contributed by atoms with E-state index < -0.39 is 0 Å².